The van der Waals surface area contributed by atoms with Crippen LogP contribution in [-0.2, 0) is 17.8 Å². The fourth-order valence-electron chi connectivity index (χ4n) is 3.59. The number of halogens is 1. The summed E-state index contributed by atoms with van der Waals surface area (Å²) in [6, 6.07) is 9.23. The smallest absolute Gasteiger partial charge is 0.340 e. The van der Waals surface area contributed by atoms with E-state index in [-0.39, 0.29) is 12.3 Å². The van der Waals surface area contributed by atoms with Gasteiger partial charge in [-0.3, -0.25) is 4.79 Å². The number of hydrogen-bond acceptors (Lipinski definition) is 4. The molecule has 1 N–H and O–H groups in total. The van der Waals surface area contributed by atoms with Gasteiger partial charge in [0.15, 0.2) is 0 Å². The summed E-state index contributed by atoms with van der Waals surface area (Å²) < 4.78 is 11.2. The van der Waals surface area contributed by atoms with Gasteiger partial charge in [-0.15, -0.1) is 0 Å². The number of aryl methyl sites for hydroxylation is 3. The van der Waals surface area contributed by atoms with Crippen LogP contribution >= 0.6 is 11.6 Å². The van der Waals surface area contributed by atoms with Crippen LogP contribution in [0.25, 0.3) is 21.9 Å². The van der Waals surface area contributed by atoms with Crippen molar-refractivity contribution >= 4 is 39.4 Å². The molecule has 0 aliphatic heterocycles. The number of fused-ring (bicyclic) bond motifs is 2. The van der Waals surface area contributed by atoms with Gasteiger partial charge in [0, 0.05) is 27.9 Å². The topological polar surface area (TPSA) is 72.5 Å². The molecular weight excluding hydrogens is 390 g/mol. The van der Waals surface area contributed by atoms with Crippen LogP contribution < -0.4 is 10.9 Å². The van der Waals surface area contributed by atoms with Crippen molar-refractivity contribution in [1.82, 2.24) is 5.32 Å². The van der Waals surface area contributed by atoms with Crippen molar-refractivity contribution in [3.63, 3.8) is 0 Å². The predicted molar refractivity (Wildman–Crippen MR) is 113 cm³/mol. The summed E-state index contributed by atoms with van der Waals surface area (Å²) in [6.07, 6.45) is 1.64. The molecule has 2 aromatic heterocycles. The standard InChI is InChI=1S/C23H20ClNO4/c1-12-11-28-21-14(3)22-18(8-17(12)21)13(2)19(23(27)29-22)9-20(26)25-10-15-5-4-6-16(24)7-15/h4-8,11H,9-10H2,1-3H3,(H,25,26). The maximum atomic E-state index is 12.6. The van der Waals surface area contributed by atoms with Gasteiger partial charge in [-0.05, 0) is 55.7 Å². The predicted octanol–water partition coefficient (Wildman–Crippen LogP) is 4.98. The second-order valence-electron chi connectivity index (χ2n) is 7.25. The Labute approximate surface area is 172 Å². The molecule has 4 aromatic rings. The first-order valence-corrected chi connectivity index (χ1v) is 9.67. The van der Waals surface area contributed by atoms with Crippen LogP contribution in [0.5, 0.6) is 0 Å². The van der Waals surface area contributed by atoms with E-state index in [4.69, 9.17) is 20.4 Å². The minimum absolute atomic E-state index is 0.0495. The fraction of sp³-hybridized carbons (Fsp3) is 0.217. The number of nitrogens with one attached hydrogen (secondary N) is 1. The number of amides is 1. The quantitative estimate of drug-likeness (QED) is 0.482. The maximum absolute atomic E-state index is 12.6. The largest absolute Gasteiger partial charge is 0.464 e. The Morgan fingerprint density at radius 2 is 1.86 bits per heavy atom. The number of carbonyl (C=O) groups excluding carboxylic acids is 1. The third-order valence-electron chi connectivity index (χ3n) is 5.25. The van der Waals surface area contributed by atoms with Gasteiger partial charge in [0.05, 0.1) is 18.2 Å². The van der Waals surface area contributed by atoms with E-state index in [0.29, 0.717) is 28.3 Å². The zero-order valence-corrected chi connectivity index (χ0v) is 17.1. The molecule has 148 valence electrons. The van der Waals surface area contributed by atoms with Crippen LogP contribution in [0, 0.1) is 20.8 Å². The normalized spacial score (nSPS) is 11.3. The van der Waals surface area contributed by atoms with Gasteiger partial charge in [-0.25, -0.2) is 4.79 Å². The van der Waals surface area contributed by atoms with Gasteiger partial charge in [0.25, 0.3) is 0 Å². The van der Waals surface area contributed by atoms with E-state index in [9.17, 15) is 9.59 Å². The fourth-order valence-corrected chi connectivity index (χ4v) is 3.81. The van der Waals surface area contributed by atoms with Crippen molar-refractivity contribution in [3.8, 4) is 0 Å². The van der Waals surface area contributed by atoms with Crippen molar-refractivity contribution in [2.24, 2.45) is 0 Å². The summed E-state index contributed by atoms with van der Waals surface area (Å²) in [5, 5.41) is 5.23. The van der Waals surface area contributed by atoms with E-state index >= 15 is 0 Å². The van der Waals surface area contributed by atoms with E-state index in [1.807, 2.05) is 39.0 Å². The van der Waals surface area contributed by atoms with Gasteiger partial charge in [0.1, 0.15) is 11.2 Å². The third kappa shape index (κ3) is 3.54. The van der Waals surface area contributed by atoms with Crippen molar-refractivity contribution in [3.05, 3.63) is 79.9 Å². The summed E-state index contributed by atoms with van der Waals surface area (Å²) in [6.45, 7) is 6.02. The molecule has 0 fully saturated rings. The van der Waals surface area contributed by atoms with Crippen LogP contribution in [0.1, 0.15) is 27.8 Å². The van der Waals surface area contributed by atoms with E-state index in [0.717, 1.165) is 33.0 Å². The minimum atomic E-state index is -0.501. The van der Waals surface area contributed by atoms with E-state index in [1.54, 1.807) is 18.4 Å². The highest BCUT2D eigenvalue weighted by molar-refractivity contribution is 6.30. The number of carbonyl (C=O) groups is 1. The van der Waals surface area contributed by atoms with Gasteiger partial charge < -0.3 is 14.2 Å². The first-order chi connectivity index (χ1) is 13.8. The van der Waals surface area contributed by atoms with E-state index in [2.05, 4.69) is 5.32 Å². The van der Waals surface area contributed by atoms with E-state index in [1.165, 1.54) is 0 Å². The van der Waals surface area contributed by atoms with Crippen molar-refractivity contribution in [2.45, 2.75) is 33.7 Å². The van der Waals surface area contributed by atoms with E-state index < -0.39 is 5.63 Å². The highest BCUT2D eigenvalue weighted by atomic mass is 35.5. The Balaban J connectivity index is 1.66. The summed E-state index contributed by atoms with van der Waals surface area (Å²) in [5.74, 6) is -0.253. The number of hydrogen-bond donors (Lipinski definition) is 1. The van der Waals surface area contributed by atoms with Crippen LogP contribution in [0.3, 0.4) is 0 Å². The molecule has 0 atom stereocenters. The lowest BCUT2D eigenvalue weighted by Gasteiger charge is -2.10. The Hall–Kier alpha value is -3.05. The summed E-state index contributed by atoms with van der Waals surface area (Å²) in [4.78, 5) is 25.1. The molecule has 0 bridgehead atoms. The van der Waals surface area contributed by atoms with Crippen LogP contribution in [0.4, 0.5) is 0 Å². The zero-order valence-electron chi connectivity index (χ0n) is 16.4. The van der Waals surface area contributed by atoms with Crippen molar-refractivity contribution in [1.29, 1.82) is 0 Å². The molecule has 6 heteroatoms. The first kappa shape index (κ1) is 19.3. The molecule has 4 rings (SSSR count). The highest BCUT2D eigenvalue weighted by Crippen LogP contribution is 2.32. The lowest BCUT2D eigenvalue weighted by molar-refractivity contribution is -0.120. The molecule has 0 aliphatic rings. The first-order valence-electron chi connectivity index (χ1n) is 9.30. The summed E-state index contributed by atoms with van der Waals surface area (Å²) in [7, 11) is 0. The Kier molecular flexibility index (Phi) is 4.92. The van der Waals surface area contributed by atoms with Gasteiger partial charge in [-0.2, -0.15) is 0 Å². The number of rotatable bonds is 4. The molecular formula is C23H20ClNO4. The summed E-state index contributed by atoms with van der Waals surface area (Å²) >= 11 is 5.97. The molecule has 0 spiro atoms. The average Bonchev–Trinajstić information content (AvgIpc) is 3.06. The molecule has 2 heterocycles. The van der Waals surface area contributed by atoms with Crippen LogP contribution in [-0.4, -0.2) is 5.91 Å². The summed E-state index contributed by atoms with van der Waals surface area (Å²) in [5.41, 5.74) is 4.50. The third-order valence-corrected chi connectivity index (χ3v) is 5.49. The van der Waals surface area contributed by atoms with Gasteiger partial charge in [0.2, 0.25) is 5.91 Å². The van der Waals surface area contributed by atoms with Crippen molar-refractivity contribution < 1.29 is 13.6 Å². The lowest BCUT2D eigenvalue weighted by Crippen LogP contribution is -2.27. The molecule has 0 radical (unpaired) electrons. The Morgan fingerprint density at radius 1 is 1.07 bits per heavy atom. The van der Waals surface area contributed by atoms with Gasteiger partial charge in [-0.1, -0.05) is 23.7 Å². The monoisotopic (exact) mass is 409 g/mol. The molecule has 0 saturated heterocycles. The van der Waals surface area contributed by atoms with Gasteiger partial charge >= 0.3 is 5.63 Å². The average molecular weight is 410 g/mol. The zero-order chi connectivity index (χ0) is 20.7. The molecule has 0 saturated carbocycles. The maximum Gasteiger partial charge on any atom is 0.340 e. The van der Waals surface area contributed by atoms with Crippen molar-refractivity contribution in [2.75, 3.05) is 0 Å². The molecule has 0 aliphatic carbocycles. The number of benzene rings is 2. The SMILES string of the molecule is Cc1coc2c(C)c3oc(=O)c(CC(=O)NCc4cccc(Cl)c4)c(C)c3cc12. The molecule has 5 nitrogen and oxygen atoms in total. The Bertz CT molecular complexity index is 1320. The molecule has 2 aromatic carbocycles. The second-order valence-corrected chi connectivity index (χ2v) is 7.69. The van der Waals surface area contributed by atoms with Crippen LogP contribution in [0.15, 0.2) is 50.2 Å². The molecule has 0 unspecified atom stereocenters. The lowest BCUT2D eigenvalue weighted by atomic mass is 9.99. The molecule has 29 heavy (non-hydrogen) atoms. The number of furan rings is 1. The van der Waals surface area contributed by atoms with Crippen LogP contribution in [0.2, 0.25) is 5.02 Å². The highest BCUT2D eigenvalue weighted by Gasteiger charge is 2.19. The minimum Gasteiger partial charge on any atom is -0.464 e. The molecule has 1 amide bonds. The second kappa shape index (κ2) is 7.41. The Morgan fingerprint density at radius 3 is 2.62 bits per heavy atom.